The highest BCUT2D eigenvalue weighted by atomic mass is 16.1. The van der Waals surface area contributed by atoms with Crippen LogP contribution in [-0.2, 0) is 4.79 Å². The predicted molar refractivity (Wildman–Crippen MR) is 97.3 cm³/mol. The lowest BCUT2D eigenvalue weighted by atomic mass is 9.94. The zero-order valence-electron chi connectivity index (χ0n) is 14.6. The summed E-state index contributed by atoms with van der Waals surface area (Å²) in [6.07, 6.45) is 11.3. The Kier molecular flexibility index (Phi) is 7.34. The number of aryl methyl sites for hydroxylation is 1. The maximum absolute atomic E-state index is 11.8. The highest BCUT2D eigenvalue weighted by Crippen LogP contribution is 2.21. The predicted octanol–water partition coefficient (Wildman–Crippen LogP) is 3.78. The minimum Gasteiger partial charge on any atom is -0.353 e. The third kappa shape index (κ3) is 6.57. The Labute approximate surface area is 140 Å². The van der Waals surface area contributed by atoms with E-state index >= 15 is 0 Å². The standard InChI is InChI=1S/C20H30N2O/c1-17-9-11-18(12-10-17)13-14-20(23)21-15-6-16-22(2)19-7-4-3-5-8-19/h9-14,19H,3-8,15-16H2,1-2H3,(H,21,23)/b14-13+. The lowest BCUT2D eigenvalue weighted by Gasteiger charge is -2.31. The molecular formula is C20H30N2O. The largest absolute Gasteiger partial charge is 0.353 e. The van der Waals surface area contributed by atoms with Gasteiger partial charge in [0.15, 0.2) is 0 Å². The molecule has 0 aromatic heterocycles. The molecule has 0 radical (unpaired) electrons. The van der Waals surface area contributed by atoms with E-state index in [1.807, 2.05) is 18.2 Å². The molecule has 0 bridgehead atoms. The number of nitrogens with zero attached hydrogens (tertiary/aromatic N) is 1. The zero-order valence-corrected chi connectivity index (χ0v) is 14.6. The van der Waals surface area contributed by atoms with E-state index in [2.05, 4.69) is 36.3 Å². The lowest BCUT2D eigenvalue weighted by molar-refractivity contribution is -0.116. The summed E-state index contributed by atoms with van der Waals surface area (Å²) in [7, 11) is 2.22. The molecule has 0 heterocycles. The molecule has 1 aliphatic carbocycles. The molecule has 0 aliphatic heterocycles. The summed E-state index contributed by atoms with van der Waals surface area (Å²) < 4.78 is 0. The van der Waals surface area contributed by atoms with E-state index in [0.29, 0.717) is 0 Å². The van der Waals surface area contributed by atoms with Crippen LogP contribution in [0.3, 0.4) is 0 Å². The topological polar surface area (TPSA) is 32.3 Å². The Hall–Kier alpha value is -1.61. The van der Waals surface area contributed by atoms with E-state index in [1.54, 1.807) is 6.08 Å². The molecule has 2 rings (SSSR count). The number of amides is 1. The molecule has 0 spiro atoms. The van der Waals surface area contributed by atoms with Gasteiger partial charge in [0.2, 0.25) is 5.91 Å². The average molecular weight is 314 g/mol. The quantitative estimate of drug-likeness (QED) is 0.613. The van der Waals surface area contributed by atoms with Crippen LogP contribution in [0.25, 0.3) is 6.08 Å². The number of carbonyl (C=O) groups excluding carboxylic acids is 1. The van der Waals surface area contributed by atoms with Crippen molar-refractivity contribution in [2.24, 2.45) is 0 Å². The van der Waals surface area contributed by atoms with Crippen LogP contribution >= 0.6 is 0 Å². The van der Waals surface area contributed by atoms with Crippen molar-refractivity contribution in [1.82, 2.24) is 10.2 Å². The van der Waals surface area contributed by atoms with Crippen LogP contribution in [0.2, 0.25) is 0 Å². The molecule has 23 heavy (non-hydrogen) atoms. The Bertz CT molecular complexity index is 501. The molecule has 0 saturated heterocycles. The fourth-order valence-electron chi connectivity index (χ4n) is 3.15. The van der Waals surface area contributed by atoms with Crippen LogP contribution in [0.15, 0.2) is 30.3 Å². The van der Waals surface area contributed by atoms with Crippen molar-refractivity contribution < 1.29 is 4.79 Å². The van der Waals surface area contributed by atoms with Crippen molar-refractivity contribution >= 4 is 12.0 Å². The molecule has 1 N–H and O–H groups in total. The Morgan fingerprint density at radius 1 is 1.22 bits per heavy atom. The van der Waals surface area contributed by atoms with Crippen LogP contribution < -0.4 is 5.32 Å². The first-order chi connectivity index (χ1) is 11.1. The second-order valence-electron chi connectivity index (χ2n) is 6.66. The molecule has 1 aliphatic rings. The van der Waals surface area contributed by atoms with Crippen LogP contribution in [0.1, 0.15) is 49.7 Å². The maximum Gasteiger partial charge on any atom is 0.243 e. The minimum absolute atomic E-state index is 0.00843. The minimum atomic E-state index is -0.00843. The number of carbonyl (C=O) groups is 1. The van der Waals surface area contributed by atoms with Crippen molar-refractivity contribution in [3.05, 3.63) is 41.5 Å². The molecule has 3 nitrogen and oxygen atoms in total. The van der Waals surface area contributed by atoms with E-state index in [9.17, 15) is 4.79 Å². The van der Waals surface area contributed by atoms with Gasteiger partial charge in [-0.25, -0.2) is 0 Å². The van der Waals surface area contributed by atoms with Gasteiger partial charge in [0.05, 0.1) is 0 Å². The van der Waals surface area contributed by atoms with Gasteiger partial charge in [-0.05, 0) is 51.4 Å². The lowest BCUT2D eigenvalue weighted by Crippen LogP contribution is -2.35. The Morgan fingerprint density at radius 2 is 1.91 bits per heavy atom. The second-order valence-corrected chi connectivity index (χ2v) is 6.66. The first-order valence-electron chi connectivity index (χ1n) is 8.88. The third-order valence-corrected chi connectivity index (χ3v) is 4.69. The number of benzene rings is 1. The van der Waals surface area contributed by atoms with Crippen molar-refractivity contribution in [1.29, 1.82) is 0 Å². The molecule has 1 fully saturated rings. The van der Waals surface area contributed by atoms with Gasteiger partial charge >= 0.3 is 0 Å². The highest BCUT2D eigenvalue weighted by Gasteiger charge is 2.17. The summed E-state index contributed by atoms with van der Waals surface area (Å²) >= 11 is 0. The molecule has 3 heteroatoms. The fraction of sp³-hybridized carbons (Fsp3) is 0.550. The fourth-order valence-corrected chi connectivity index (χ4v) is 3.15. The van der Waals surface area contributed by atoms with Crippen LogP contribution in [0, 0.1) is 6.92 Å². The van der Waals surface area contributed by atoms with Gasteiger partial charge in [-0.1, -0.05) is 49.1 Å². The molecule has 0 unspecified atom stereocenters. The summed E-state index contributed by atoms with van der Waals surface area (Å²) in [5.74, 6) is -0.00843. The molecule has 1 saturated carbocycles. The monoisotopic (exact) mass is 314 g/mol. The van der Waals surface area contributed by atoms with Gasteiger partial charge in [-0.15, -0.1) is 0 Å². The first-order valence-corrected chi connectivity index (χ1v) is 8.88. The summed E-state index contributed by atoms with van der Waals surface area (Å²) in [6, 6.07) is 8.91. The molecule has 1 aromatic carbocycles. The van der Waals surface area contributed by atoms with E-state index in [1.165, 1.54) is 37.7 Å². The molecule has 0 atom stereocenters. The number of hydrogen-bond acceptors (Lipinski definition) is 2. The van der Waals surface area contributed by atoms with Gasteiger partial charge in [-0.3, -0.25) is 4.79 Å². The number of nitrogens with one attached hydrogen (secondary N) is 1. The average Bonchev–Trinajstić information content (AvgIpc) is 2.59. The molecule has 1 amide bonds. The summed E-state index contributed by atoms with van der Waals surface area (Å²) in [5, 5.41) is 2.97. The van der Waals surface area contributed by atoms with Gasteiger partial charge < -0.3 is 10.2 Å². The summed E-state index contributed by atoms with van der Waals surface area (Å²) in [5.41, 5.74) is 2.29. The van der Waals surface area contributed by atoms with Crippen LogP contribution in [0.5, 0.6) is 0 Å². The second kappa shape index (κ2) is 9.51. The number of rotatable bonds is 7. The van der Waals surface area contributed by atoms with Gasteiger partial charge in [-0.2, -0.15) is 0 Å². The van der Waals surface area contributed by atoms with E-state index in [-0.39, 0.29) is 5.91 Å². The van der Waals surface area contributed by atoms with Gasteiger partial charge in [0, 0.05) is 18.7 Å². The van der Waals surface area contributed by atoms with Crippen molar-refractivity contribution in [3.63, 3.8) is 0 Å². The molecule has 126 valence electrons. The third-order valence-electron chi connectivity index (χ3n) is 4.69. The Morgan fingerprint density at radius 3 is 2.61 bits per heavy atom. The van der Waals surface area contributed by atoms with Crippen molar-refractivity contribution in [2.45, 2.75) is 51.5 Å². The Balaban J connectivity index is 1.61. The van der Waals surface area contributed by atoms with Crippen LogP contribution in [0.4, 0.5) is 0 Å². The van der Waals surface area contributed by atoms with E-state index in [4.69, 9.17) is 0 Å². The SMILES string of the molecule is Cc1ccc(/C=C/C(=O)NCCCN(C)C2CCCCC2)cc1. The van der Waals surface area contributed by atoms with E-state index in [0.717, 1.165) is 31.1 Å². The number of hydrogen-bond donors (Lipinski definition) is 1. The summed E-state index contributed by atoms with van der Waals surface area (Å²) in [6.45, 7) is 3.87. The van der Waals surface area contributed by atoms with Crippen LogP contribution in [-0.4, -0.2) is 37.0 Å². The zero-order chi connectivity index (χ0) is 16.5. The molecular weight excluding hydrogens is 284 g/mol. The van der Waals surface area contributed by atoms with Crippen molar-refractivity contribution in [2.75, 3.05) is 20.1 Å². The normalized spacial score (nSPS) is 16.1. The van der Waals surface area contributed by atoms with Gasteiger partial charge in [0.25, 0.3) is 0 Å². The van der Waals surface area contributed by atoms with Gasteiger partial charge in [0.1, 0.15) is 0 Å². The summed E-state index contributed by atoms with van der Waals surface area (Å²) in [4.78, 5) is 14.3. The van der Waals surface area contributed by atoms with Crippen molar-refractivity contribution in [3.8, 4) is 0 Å². The molecule has 1 aromatic rings. The van der Waals surface area contributed by atoms with E-state index < -0.39 is 0 Å². The first kappa shape index (κ1) is 17.7. The smallest absolute Gasteiger partial charge is 0.243 e. The highest BCUT2D eigenvalue weighted by molar-refractivity contribution is 5.91. The maximum atomic E-state index is 11.8.